The topological polar surface area (TPSA) is 112 Å². The van der Waals surface area contributed by atoms with Crippen LogP contribution in [-0.2, 0) is 14.4 Å². The molecule has 0 amide bonds. The van der Waals surface area contributed by atoms with Gasteiger partial charge in [0.15, 0.2) is 6.71 Å². The van der Waals surface area contributed by atoms with E-state index in [0.29, 0.717) is 0 Å². The molecule has 0 aliphatic heterocycles. The predicted molar refractivity (Wildman–Crippen MR) is 50.2 cm³/mol. The molecule has 14 heavy (non-hydrogen) atoms. The number of aliphatic carboxylic acids is 3. The van der Waals surface area contributed by atoms with Gasteiger partial charge in [0, 0.05) is 19.0 Å². The molecule has 0 rings (SSSR count). The van der Waals surface area contributed by atoms with Gasteiger partial charge in [-0.2, -0.15) is 0 Å². The third kappa shape index (κ3) is 9.56. The van der Waals surface area contributed by atoms with Crippen LogP contribution in [-0.4, -0.2) is 69.5 Å². The zero-order valence-electron chi connectivity index (χ0n) is 6.77. The Morgan fingerprint density at radius 1 is 0.786 bits per heavy atom. The number of hydrogen-bond donors (Lipinski definition) is 3. The standard InChI is InChI=1S/C6H9BO6.Na.H/c8-4(9)1-7(2-5(10)11)3-6(12)13;;/h1-3H2,(H,8,9)(H,10,11)(H,12,13);;. The quantitative estimate of drug-likeness (QED) is 0.491. The van der Waals surface area contributed by atoms with Crippen molar-refractivity contribution in [3.05, 3.63) is 0 Å². The summed E-state index contributed by atoms with van der Waals surface area (Å²) < 4.78 is 0. The van der Waals surface area contributed by atoms with Crippen molar-refractivity contribution in [1.29, 1.82) is 0 Å². The molecule has 0 heterocycles. The van der Waals surface area contributed by atoms with Gasteiger partial charge in [0.2, 0.25) is 0 Å². The fourth-order valence-electron chi connectivity index (χ4n) is 0.957. The summed E-state index contributed by atoms with van der Waals surface area (Å²) in [5.74, 6) is -3.56. The van der Waals surface area contributed by atoms with Gasteiger partial charge in [-0.1, -0.05) is 0 Å². The maximum absolute atomic E-state index is 10.2. The molecule has 0 atom stereocenters. The molecule has 6 nitrogen and oxygen atoms in total. The Morgan fingerprint density at radius 3 is 1.14 bits per heavy atom. The van der Waals surface area contributed by atoms with Crippen molar-refractivity contribution >= 4 is 54.2 Å². The minimum absolute atomic E-state index is 0. The van der Waals surface area contributed by atoms with Gasteiger partial charge in [-0.25, -0.2) is 0 Å². The second kappa shape index (κ2) is 7.84. The third-order valence-electron chi connectivity index (χ3n) is 1.39. The Balaban J connectivity index is 0. The van der Waals surface area contributed by atoms with E-state index in [1.54, 1.807) is 0 Å². The van der Waals surface area contributed by atoms with Gasteiger partial charge in [-0.15, -0.1) is 0 Å². The van der Waals surface area contributed by atoms with Crippen molar-refractivity contribution in [1.82, 2.24) is 0 Å². The summed E-state index contributed by atoms with van der Waals surface area (Å²) in [5.41, 5.74) is 0. The van der Waals surface area contributed by atoms with Crippen LogP contribution in [0.3, 0.4) is 0 Å². The first-order chi connectivity index (χ1) is 5.91. The molecule has 0 aromatic carbocycles. The molecule has 0 saturated heterocycles. The van der Waals surface area contributed by atoms with E-state index in [1.807, 2.05) is 0 Å². The van der Waals surface area contributed by atoms with Gasteiger partial charge in [0.05, 0.1) is 0 Å². The van der Waals surface area contributed by atoms with Crippen LogP contribution in [0.25, 0.3) is 0 Å². The molecule has 0 fully saturated rings. The van der Waals surface area contributed by atoms with E-state index in [1.165, 1.54) is 0 Å². The van der Waals surface area contributed by atoms with Crippen LogP contribution in [0.4, 0.5) is 0 Å². The van der Waals surface area contributed by atoms with E-state index < -0.39 is 43.6 Å². The Hall–Kier alpha value is -0.525. The van der Waals surface area contributed by atoms with E-state index in [9.17, 15) is 14.4 Å². The number of hydrogen-bond acceptors (Lipinski definition) is 3. The first kappa shape index (κ1) is 15.9. The molecule has 0 saturated carbocycles. The Labute approximate surface area is 103 Å². The summed E-state index contributed by atoms with van der Waals surface area (Å²) in [6, 6.07) is 0. The van der Waals surface area contributed by atoms with Crippen molar-refractivity contribution in [3.63, 3.8) is 0 Å². The molecule has 74 valence electrons. The van der Waals surface area contributed by atoms with Crippen LogP contribution in [0, 0.1) is 0 Å². The molecule has 0 spiro atoms. The van der Waals surface area contributed by atoms with Gasteiger partial charge < -0.3 is 15.3 Å². The van der Waals surface area contributed by atoms with Crippen LogP contribution in [0.1, 0.15) is 0 Å². The summed E-state index contributed by atoms with van der Waals surface area (Å²) in [4.78, 5) is 30.6. The number of carbonyl (C=O) groups is 3. The number of carboxylic acid groups (broad SMARTS) is 3. The molecule has 3 N–H and O–H groups in total. The molecule has 0 aromatic rings. The first-order valence-corrected chi connectivity index (χ1v) is 3.57. The molecular weight excluding hydrogens is 202 g/mol. The number of rotatable bonds is 6. The van der Waals surface area contributed by atoms with Crippen molar-refractivity contribution in [3.8, 4) is 0 Å². The average molecular weight is 212 g/mol. The molecule has 0 unspecified atom stereocenters. The number of carboxylic acids is 3. The molecular formula is C6H10BNaO6. The summed E-state index contributed by atoms with van der Waals surface area (Å²) in [7, 11) is 0. The van der Waals surface area contributed by atoms with E-state index in [0.717, 1.165) is 0 Å². The minimum atomic E-state index is -1.19. The van der Waals surface area contributed by atoms with Crippen molar-refractivity contribution in [2.75, 3.05) is 0 Å². The van der Waals surface area contributed by atoms with Crippen LogP contribution in [0.5, 0.6) is 0 Å². The van der Waals surface area contributed by atoms with Crippen LogP contribution in [0.2, 0.25) is 19.0 Å². The molecule has 0 bridgehead atoms. The predicted octanol–water partition coefficient (Wildman–Crippen LogP) is -0.913. The summed E-state index contributed by atoms with van der Waals surface area (Å²) >= 11 is 0. The molecule has 0 aromatic heterocycles. The Bertz CT molecular complexity index is 192. The van der Waals surface area contributed by atoms with Crippen molar-refractivity contribution in [2.24, 2.45) is 0 Å². The van der Waals surface area contributed by atoms with E-state index in [-0.39, 0.29) is 29.6 Å². The fourth-order valence-corrected chi connectivity index (χ4v) is 0.957. The third-order valence-corrected chi connectivity index (χ3v) is 1.39. The van der Waals surface area contributed by atoms with Crippen LogP contribution >= 0.6 is 0 Å². The van der Waals surface area contributed by atoms with Crippen LogP contribution in [0.15, 0.2) is 0 Å². The summed E-state index contributed by atoms with van der Waals surface area (Å²) in [6.45, 7) is -0.840. The van der Waals surface area contributed by atoms with Crippen molar-refractivity contribution < 1.29 is 29.7 Å². The fraction of sp³-hybridized carbons (Fsp3) is 0.500. The Kier molecular flexibility index (Phi) is 8.92. The normalized spacial score (nSPS) is 8.57. The van der Waals surface area contributed by atoms with Crippen molar-refractivity contribution in [2.45, 2.75) is 19.0 Å². The first-order valence-electron chi connectivity index (χ1n) is 3.57. The zero-order chi connectivity index (χ0) is 10.4. The average Bonchev–Trinajstić information content (AvgIpc) is 1.80. The maximum atomic E-state index is 10.2. The molecule has 8 heteroatoms. The summed E-state index contributed by atoms with van der Waals surface area (Å²) in [5, 5.41) is 25.0. The summed E-state index contributed by atoms with van der Waals surface area (Å²) in [6.07, 6.45) is -1.30. The monoisotopic (exact) mass is 212 g/mol. The second-order valence-electron chi connectivity index (χ2n) is 2.66. The van der Waals surface area contributed by atoms with Gasteiger partial charge in [-0.3, -0.25) is 14.4 Å². The zero-order valence-corrected chi connectivity index (χ0v) is 6.77. The van der Waals surface area contributed by atoms with Gasteiger partial charge in [0.25, 0.3) is 17.9 Å². The van der Waals surface area contributed by atoms with Gasteiger partial charge in [0.1, 0.15) is 0 Å². The Morgan fingerprint density at radius 2 is 1.00 bits per heavy atom. The van der Waals surface area contributed by atoms with E-state index in [4.69, 9.17) is 15.3 Å². The van der Waals surface area contributed by atoms with E-state index in [2.05, 4.69) is 0 Å². The molecule has 0 aliphatic rings. The van der Waals surface area contributed by atoms with Gasteiger partial charge >= 0.3 is 29.6 Å². The molecule has 0 aliphatic carbocycles. The SMILES string of the molecule is O=C(O)CB(CC(=O)O)CC(=O)O.[NaH]. The second-order valence-corrected chi connectivity index (χ2v) is 2.66. The van der Waals surface area contributed by atoms with Gasteiger partial charge in [-0.05, 0) is 0 Å². The van der Waals surface area contributed by atoms with Crippen LogP contribution < -0.4 is 0 Å². The van der Waals surface area contributed by atoms with E-state index >= 15 is 0 Å². The molecule has 0 radical (unpaired) electrons.